The van der Waals surface area contributed by atoms with E-state index in [1.807, 2.05) is 35.0 Å². The Morgan fingerprint density at radius 3 is 2.65 bits per heavy atom. The van der Waals surface area contributed by atoms with E-state index in [1.54, 1.807) is 0 Å². The van der Waals surface area contributed by atoms with Gasteiger partial charge >= 0.3 is 0 Å². The summed E-state index contributed by atoms with van der Waals surface area (Å²) in [7, 11) is 0. The fraction of sp³-hybridized carbons (Fsp3) is 0.333. The average Bonchev–Trinajstić information content (AvgIpc) is 3.48. The van der Waals surface area contributed by atoms with Crippen LogP contribution in [0.4, 0.5) is 0 Å². The lowest BCUT2D eigenvalue weighted by Gasteiger charge is -2.23. The van der Waals surface area contributed by atoms with Crippen LogP contribution >= 0.6 is 0 Å². The zero-order chi connectivity index (χ0) is 21.2. The number of aromatic nitrogens is 5. The summed E-state index contributed by atoms with van der Waals surface area (Å²) >= 11 is 0. The fourth-order valence-electron chi connectivity index (χ4n) is 4.65. The van der Waals surface area contributed by atoms with Crippen molar-refractivity contribution in [3.63, 3.8) is 0 Å². The maximum absolute atomic E-state index is 13.2. The number of nitrogens with one attached hydrogen (secondary N) is 2. The van der Waals surface area contributed by atoms with Crippen LogP contribution in [0.1, 0.15) is 48.3 Å². The zero-order valence-electron chi connectivity index (χ0n) is 17.7. The SMILES string of the molecule is CCc1ccc2[nH]c(=O)c([C@H](c3nnnn3Cc3ccccc3)[NH+]3CCCC3)cc2c1. The Kier molecular flexibility index (Phi) is 5.34. The summed E-state index contributed by atoms with van der Waals surface area (Å²) in [6.07, 6.45) is 3.26. The number of pyridine rings is 1. The molecule has 158 valence electrons. The zero-order valence-corrected chi connectivity index (χ0v) is 17.7. The smallest absolute Gasteiger partial charge is 0.258 e. The van der Waals surface area contributed by atoms with Gasteiger partial charge in [-0.1, -0.05) is 43.3 Å². The number of hydrogen-bond acceptors (Lipinski definition) is 4. The first-order valence-electron chi connectivity index (χ1n) is 11.0. The van der Waals surface area contributed by atoms with Crippen LogP contribution in [0, 0.1) is 0 Å². The lowest BCUT2D eigenvalue weighted by Crippen LogP contribution is -3.10. The van der Waals surface area contributed by atoms with Crippen LogP contribution in [-0.2, 0) is 13.0 Å². The summed E-state index contributed by atoms with van der Waals surface area (Å²) in [5, 5.41) is 13.7. The summed E-state index contributed by atoms with van der Waals surface area (Å²) in [5.41, 5.74) is 3.93. The highest BCUT2D eigenvalue weighted by Gasteiger charge is 2.35. The molecule has 1 aliphatic heterocycles. The summed E-state index contributed by atoms with van der Waals surface area (Å²) in [6, 6.07) is 18.3. The molecule has 1 fully saturated rings. The molecule has 4 aromatic rings. The number of hydrogen-bond donors (Lipinski definition) is 2. The maximum Gasteiger partial charge on any atom is 0.258 e. The number of aromatic amines is 1. The highest BCUT2D eigenvalue weighted by Crippen LogP contribution is 2.21. The molecule has 0 unspecified atom stereocenters. The third-order valence-electron chi connectivity index (χ3n) is 6.30. The molecule has 5 rings (SSSR count). The van der Waals surface area contributed by atoms with Crippen LogP contribution in [0.2, 0.25) is 0 Å². The number of benzene rings is 2. The largest absolute Gasteiger partial charge is 0.322 e. The monoisotopic (exact) mass is 415 g/mol. The molecule has 7 heteroatoms. The van der Waals surface area contributed by atoms with Crippen LogP contribution in [0.25, 0.3) is 10.9 Å². The Morgan fingerprint density at radius 1 is 1.06 bits per heavy atom. The molecule has 31 heavy (non-hydrogen) atoms. The lowest BCUT2D eigenvalue weighted by molar-refractivity contribution is -0.914. The number of rotatable bonds is 6. The van der Waals surface area contributed by atoms with Gasteiger partial charge in [-0.15, -0.1) is 5.10 Å². The topological polar surface area (TPSA) is 80.9 Å². The molecular weight excluding hydrogens is 388 g/mol. The van der Waals surface area contributed by atoms with E-state index < -0.39 is 0 Å². The third kappa shape index (κ3) is 3.88. The van der Waals surface area contributed by atoms with Gasteiger partial charge in [0.2, 0.25) is 5.82 Å². The van der Waals surface area contributed by atoms with Gasteiger partial charge in [0.15, 0.2) is 6.04 Å². The number of tetrazole rings is 1. The van der Waals surface area contributed by atoms with Crippen molar-refractivity contribution in [2.75, 3.05) is 13.1 Å². The molecule has 2 aromatic carbocycles. The lowest BCUT2D eigenvalue weighted by atomic mass is 10.0. The van der Waals surface area contributed by atoms with Crippen molar-refractivity contribution in [3.8, 4) is 0 Å². The van der Waals surface area contributed by atoms with Crippen molar-refractivity contribution in [2.45, 2.75) is 38.8 Å². The van der Waals surface area contributed by atoms with Crippen molar-refractivity contribution in [1.29, 1.82) is 0 Å². The molecule has 0 bridgehead atoms. The first kappa shape index (κ1) is 19.6. The molecule has 0 amide bonds. The molecule has 2 aromatic heterocycles. The molecule has 7 nitrogen and oxygen atoms in total. The summed E-state index contributed by atoms with van der Waals surface area (Å²) in [4.78, 5) is 17.6. The van der Waals surface area contributed by atoms with Crippen molar-refractivity contribution < 1.29 is 4.90 Å². The van der Waals surface area contributed by atoms with Crippen LogP contribution in [0.15, 0.2) is 59.4 Å². The Morgan fingerprint density at radius 2 is 1.87 bits per heavy atom. The Labute approximate surface area is 180 Å². The summed E-state index contributed by atoms with van der Waals surface area (Å²) in [6.45, 7) is 4.74. The summed E-state index contributed by atoms with van der Waals surface area (Å²) < 4.78 is 1.84. The minimum Gasteiger partial charge on any atom is -0.322 e. The summed E-state index contributed by atoms with van der Waals surface area (Å²) in [5.74, 6) is 0.747. The van der Waals surface area contributed by atoms with Crippen LogP contribution in [0.3, 0.4) is 0 Å². The van der Waals surface area contributed by atoms with E-state index in [0.29, 0.717) is 6.54 Å². The number of quaternary nitrogens is 1. The molecule has 2 N–H and O–H groups in total. The quantitative estimate of drug-likeness (QED) is 0.504. The van der Waals surface area contributed by atoms with E-state index in [9.17, 15) is 4.79 Å². The molecule has 0 aliphatic carbocycles. The van der Waals surface area contributed by atoms with Crippen molar-refractivity contribution in [2.24, 2.45) is 0 Å². The van der Waals surface area contributed by atoms with Gasteiger partial charge in [-0.25, -0.2) is 4.68 Å². The molecule has 1 saturated heterocycles. The van der Waals surface area contributed by atoms with Gasteiger partial charge in [-0.05, 0) is 51.6 Å². The van der Waals surface area contributed by atoms with E-state index in [0.717, 1.165) is 60.2 Å². The van der Waals surface area contributed by atoms with Gasteiger partial charge in [0.25, 0.3) is 5.56 Å². The van der Waals surface area contributed by atoms with E-state index in [4.69, 9.17) is 0 Å². The van der Waals surface area contributed by atoms with Crippen molar-refractivity contribution in [3.05, 3.63) is 87.5 Å². The average molecular weight is 416 g/mol. The predicted molar refractivity (Wildman–Crippen MR) is 119 cm³/mol. The maximum atomic E-state index is 13.2. The van der Waals surface area contributed by atoms with E-state index in [2.05, 4.69) is 51.7 Å². The molecule has 3 heterocycles. The number of likely N-dealkylation sites (tertiary alicyclic amines) is 1. The Hall–Kier alpha value is -3.32. The highest BCUT2D eigenvalue weighted by molar-refractivity contribution is 5.79. The Bertz CT molecular complexity index is 1240. The first-order chi connectivity index (χ1) is 15.2. The van der Waals surface area contributed by atoms with Gasteiger partial charge in [0, 0.05) is 18.4 Å². The predicted octanol–water partition coefficient (Wildman–Crippen LogP) is 1.89. The molecule has 1 aliphatic rings. The Balaban J connectivity index is 1.62. The van der Waals surface area contributed by atoms with Crippen LogP contribution in [-0.4, -0.2) is 38.3 Å². The van der Waals surface area contributed by atoms with E-state index in [1.165, 1.54) is 10.5 Å². The van der Waals surface area contributed by atoms with Gasteiger partial charge in [-0.3, -0.25) is 4.79 Å². The minimum atomic E-state index is -0.195. The minimum absolute atomic E-state index is 0.0598. The standard InChI is InChI=1S/C24H26N6O/c1-2-17-10-11-21-19(14-17)15-20(24(31)25-21)22(29-12-6-7-13-29)23-26-27-28-30(23)16-18-8-4-3-5-9-18/h3-5,8-11,14-15,22H,2,6-7,12-13,16H2,1H3,(H,25,31)/p+1/t22-/m1/s1. The fourth-order valence-corrected chi connectivity index (χ4v) is 4.65. The third-order valence-corrected chi connectivity index (χ3v) is 6.30. The van der Waals surface area contributed by atoms with E-state index >= 15 is 0 Å². The van der Waals surface area contributed by atoms with Crippen LogP contribution < -0.4 is 10.5 Å². The number of fused-ring (bicyclic) bond motifs is 1. The first-order valence-corrected chi connectivity index (χ1v) is 11.0. The number of nitrogens with zero attached hydrogens (tertiary/aromatic N) is 4. The molecule has 0 radical (unpaired) electrons. The van der Waals surface area contributed by atoms with Crippen molar-refractivity contribution in [1.82, 2.24) is 25.2 Å². The normalized spacial score (nSPS) is 15.5. The van der Waals surface area contributed by atoms with Gasteiger partial charge in [0.05, 0.1) is 25.2 Å². The molecular formula is C24H27N6O+. The number of aryl methyl sites for hydroxylation is 1. The second kappa shape index (κ2) is 8.43. The molecule has 0 saturated carbocycles. The second-order valence-corrected chi connectivity index (χ2v) is 8.31. The number of H-pyrrole nitrogens is 1. The molecule has 0 spiro atoms. The highest BCUT2D eigenvalue weighted by atomic mass is 16.1. The molecule has 1 atom stereocenters. The van der Waals surface area contributed by atoms with Crippen LogP contribution in [0.5, 0.6) is 0 Å². The second-order valence-electron chi connectivity index (χ2n) is 8.31. The van der Waals surface area contributed by atoms with Gasteiger partial charge in [0.1, 0.15) is 0 Å². The van der Waals surface area contributed by atoms with Gasteiger partial charge < -0.3 is 9.88 Å². The van der Waals surface area contributed by atoms with Crippen molar-refractivity contribution >= 4 is 10.9 Å². The van der Waals surface area contributed by atoms with Gasteiger partial charge in [-0.2, -0.15) is 0 Å². The van der Waals surface area contributed by atoms with E-state index in [-0.39, 0.29) is 11.6 Å².